The zero-order chi connectivity index (χ0) is 16.7. The van der Waals surface area contributed by atoms with Crippen molar-refractivity contribution in [3.63, 3.8) is 0 Å². The van der Waals surface area contributed by atoms with E-state index in [-0.39, 0.29) is 24.0 Å². The number of halogens is 1. The number of hydrogen-bond acceptors (Lipinski definition) is 3. The maximum absolute atomic E-state index is 5.20. The van der Waals surface area contributed by atoms with Gasteiger partial charge in [0.25, 0.3) is 0 Å². The Balaban J connectivity index is 0.00000288. The van der Waals surface area contributed by atoms with Gasteiger partial charge in [-0.15, -0.1) is 24.0 Å². The lowest BCUT2D eigenvalue weighted by molar-refractivity contribution is 0.392. The quantitative estimate of drug-likeness (QED) is 0.322. The van der Waals surface area contributed by atoms with Gasteiger partial charge in [-0.05, 0) is 32.3 Å². The van der Waals surface area contributed by atoms with Crippen molar-refractivity contribution in [3.8, 4) is 0 Å². The molecule has 0 saturated carbocycles. The Morgan fingerprint density at radius 3 is 2.50 bits per heavy atom. The highest BCUT2D eigenvalue weighted by Crippen LogP contribution is 2.13. The predicted octanol–water partition coefficient (Wildman–Crippen LogP) is 3.55. The summed E-state index contributed by atoms with van der Waals surface area (Å²) in [5.74, 6) is 1.83. The maximum Gasteiger partial charge on any atom is 0.193 e. The van der Waals surface area contributed by atoms with E-state index >= 15 is 0 Å². The van der Waals surface area contributed by atoms with Crippen LogP contribution in [0.1, 0.15) is 29.0 Å². The van der Waals surface area contributed by atoms with Gasteiger partial charge in [-0.1, -0.05) is 35.5 Å². The predicted molar refractivity (Wildman–Crippen MR) is 109 cm³/mol. The van der Waals surface area contributed by atoms with Crippen molar-refractivity contribution in [3.05, 3.63) is 52.9 Å². The van der Waals surface area contributed by atoms with Crippen molar-refractivity contribution in [2.24, 2.45) is 4.99 Å². The Morgan fingerprint density at radius 2 is 1.92 bits per heavy atom. The van der Waals surface area contributed by atoms with Crippen molar-refractivity contribution in [2.45, 2.75) is 33.2 Å². The number of nitrogens with one attached hydrogen (secondary N) is 1. The van der Waals surface area contributed by atoms with Gasteiger partial charge < -0.3 is 14.7 Å². The number of aryl methyl sites for hydroxylation is 2. The molecule has 5 nitrogen and oxygen atoms in total. The van der Waals surface area contributed by atoms with Gasteiger partial charge in [-0.25, -0.2) is 4.99 Å². The van der Waals surface area contributed by atoms with Gasteiger partial charge in [0.15, 0.2) is 5.96 Å². The van der Waals surface area contributed by atoms with Gasteiger partial charge >= 0.3 is 0 Å². The van der Waals surface area contributed by atoms with Gasteiger partial charge in [0.05, 0.1) is 12.2 Å². The summed E-state index contributed by atoms with van der Waals surface area (Å²) in [6, 6.07) is 10.3. The number of aliphatic imine (C=N–C) groups is 1. The molecule has 0 amide bonds. The van der Waals surface area contributed by atoms with Gasteiger partial charge in [0, 0.05) is 26.2 Å². The van der Waals surface area contributed by atoms with E-state index < -0.39 is 0 Å². The lowest BCUT2D eigenvalue weighted by Crippen LogP contribution is -2.37. The smallest absolute Gasteiger partial charge is 0.193 e. The Morgan fingerprint density at radius 1 is 1.21 bits per heavy atom. The molecule has 132 valence electrons. The van der Waals surface area contributed by atoms with Gasteiger partial charge in [-0.2, -0.15) is 0 Å². The average Bonchev–Trinajstić information content (AvgIpc) is 2.86. The highest BCUT2D eigenvalue weighted by molar-refractivity contribution is 14.0. The maximum atomic E-state index is 5.20. The van der Waals surface area contributed by atoms with Crippen LogP contribution < -0.4 is 5.32 Å². The molecule has 2 rings (SSSR count). The molecule has 0 fully saturated rings. The summed E-state index contributed by atoms with van der Waals surface area (Å²) in [6.45, 7) is 5.52. The van der Waals surface area contributed by atoms with Crippen LogP contribution in [0.25, 0.3) is 0 Å². The summed E-state index contributed by atoms with van der Waals surface area (Å²) >= 11 is 0. The van der Waals surface area contributed by atoms with Crippen LogP contribution in [-0.4, -0.2) is 36.7 Å². The molecule has 1 aromatic heterocycles. The molecular formula is C18H27IN4O. The first-order valence-electron chi connectivity index (χ1n) is 7.99. The van der Waals surface area contributed by atoms with Crippen molar-refractivity contribution in [1.82, 2.24) is 15.4 Å². The lowest BCUT2D eigenvalue weighted by atomic mass is 10.1. The minimum absolute atomic E-state index is 0. The molecule has 0 radical (unpaired) electrons. The molecule has 1 N–H and O–H groups in total. The highest BCUT2D eigenvalue weighted by atomic mass is 127. The number of guanidine groups is 1. The van der Waals surface area contributed by atoms with E-state index in [1.807, 2.05) is 51.0 Å². The van der Waals surface area contributed by atoms with Crippen LogP contribution in [0.5, 0.6) is 0 Å². The Kier molecular flexibility index (Phi) is 8.81. The first-order chi connectivity index (χ1) is 11.1. The number of benzene rings is 1. The van der Waals surface area contributed by atoms with Crippen molar-refractivity contribution >= 4 is 29.9 Å². The molecule has 1 aromatic carbocycles. The van der Waals surface area contributed by atoms with E-state index in [4.69, 9.17) is 4.52 Å². The van der Waals surface area contributed by atoms with Crippen LogP contribution in [-0.2, 0) is 13.0 Å². The second kappa shape index (κ2) is 10.3. The first kappa shape index (κ1) is 20.5. The first-order valence-corrected chi connectivity index (χ1v) is 7.99. The zero-order valence-electron chi connectivity index (χ0n) is 14.9. The Labute approximate surface area is 161 Å². The van der Waals surface area contributed by atoms with Gasteiger partial charge in [-0.3, -0.25) is 0 Å². The molecule has 1 heterocycles. The number of aromatic nitrogens is 1. The van der Waals surface area contributed by atoms with E-state index in [0.717, 1.165) is 36.8 Å². The van der Waals surface area contributed by atoms with E-state index in [1.54, 1.807) is 0 Å². The molecular weight excluding hydrogens is 415 g/mol. The van der Waals surface area contributed by atoms with E-state index in [1.165, 1.54) is 11.1 Å². The van der Waals surface area contributed by atoms with Crippen LogP contribution in [0.3, 0.4) is 0 Å². The van der Waals surface area contributed by atoms with Crippen molar-refractivity contribution < 1.29 is 4.52 Å². The fraction of sp³-hybridized carbons (Fsp3) is 0.444. The normalized spacial score (nSPS) is 11.1. The van der Waals surface area contributed by atoms with Crippen LogP contribution >= 0.6 is 24.0 Å². The van der Waals surface area contributed by atoms with Gasteiger partial charge in [0.1, 0.15) is 5.76 Å². The molecule has 2 aromatic rings. The highest BCUT2D eigenvalue weighted by Gasteiger charge is 2.08. The molecule has 0 aliphatic carbocycles. The fourth-order valence-corrected chi connectivity index (χ4v) is 2.43. The number of rotatable bonds is 6. The van der Waals surface area contributed by atoms with Crippen molar-refractivity contribution in [2.75, 3.05) is 20.6 Å². The molecule has 0 unspecified atom stereocenters. The van der Waals surface area contributed by atoms with Crippen LogP contribution in [0, 0.1) is 13.8 Å². The lowest BCUT2D eigenvalue weighted by Gasteiger charge is -2.17. The number of nitrogens with zero attached hydrogens (tertiary/aromatic N) is 3. The Hall–Kier alpha value is -1.57. The van der Waals surface area contributed by atoms with Crippen LogP contribution in [0.15, 0.2) is 39.8 Å². The summed E-state index contributed by atoms with van der Waals surface area (Å²) in [5.41, 5.74) is 3.43. The third-order valence-corrected chi connectivity index (χ3v) is 3.75. The summed E-state index contributed by atoms with van der Waals surface area (Å²) in [5, 5.41) is 7.41. The third-order valence-electron chi connectivity index (χ3n) is 3.75. The molecule has 0 spiro atoms. The average molecular weight is 442 g/mol. The van der Waals surface area contributed by atoms with E-state index in [9.17, 15) is 0 Å². The van der Waals surface area contributed by atoms with Crippen molar-refractivity contribution in [1.29, 1.82) is 0 Å². The molecule has 0 aliphatic rings. The second-order valence-corrected chi connectivity index (χ2v) is 5.85. The monoisotopic (exact) mass is 442 g/mol. The fourth-order valence-electron chi connectivity index (χ4n) is 2.43. The molecule has 0 bridgehead atoms. The van der Waals surface area contributed by atoms with Gasteiger partial charge in [0.2, 0.25) is 0 Å². The topological polar surface area (TPSA) is 53.7 Å². The number of hydrogen-bond donors (Lipinski definition) is 1. The molecule has 0 aliphatic heterocycles. The standard InChI is InChI=1S/C18H26N4O.HI/c1-14-17(15(2)23-21-14)11-8-12-19-18(22(3)4)20-13-16-9-6-5-7-10-16;/h5-7,9-10H,8,11-13H2,1-4H3,(H,19,20);1H. The van der Waals surface area contributed by atoms with Crippen LogP contribution in [0.2, 0.25) is 0 Å². The minimum atomic E-state index is 0. The summed E-state index contributed by atoms with van der Waals surface area (Å²) in [4.78, 5) is 6.68. The Bertz CT molecular complexity index is 618. The summed E-state index contributed by atoms with van der Waals surface area (Å²) in [7, 11) is 4.01. The molecule has 24 heavy (non-hydrogen) atoms. The largest absolute Gasteiger partial charge is 0.361 e. The molecule has 0 atom stereocenters. The summed E-state index contributed by atoms with van der Waals surface area (Å²) in [6.07, 6.45) is 1.98. The second-order valence-electron chi connectivity index (χ2n) is 5.85. The molecule has 6 heteroatoms. The SMILES string of the molecule is Cc1noc(C)c1CCCNC(=NCc1ccccc1)N(C)C.I. The van der Waals surface area contributed by atoms with E-state index in [0.29, 0.717) is 6.54 Å². The van der Waals surface area contributed by atoms with E-state index in [2.05, 4.69) is 27.6 Å². The molecule has 0 saturated heterocycles. The summed E-state index contributed by atoms with van der Waals surface area (Å²) < 4.78 is 5.20. The minimum Gasteiger partial charge on any atom is -0.361 e. The zero-order valence-corrected chi connectivity index (χ0v) is 17.2. The van der Waals surface area contributed by atoms with Crippen LogP contribution in [0.4, 0.5) is 0 Å². The third kappa shape index (κ3) is 6.14.